The van der Waals surface area contributed by atoms with Crippen LogP contribution in [0.1, 0.15) is 43.6 Å². The zero-order chi connectivity index (χ0) is 13.9. The zero-order valence-corrected chi connectivity index (χ0v) is 12.2. The summed E-state index contributed by atoms with van der Waals surface area (Å²) in [6.07, 6.45) is 6.60. The van der Waals surface area contributed by atoms with Crippen LogP contribution in [0, 0.1) is 36.5 Å². The van der Waals surface area contributed by atoms with Crippen molar-refractivity contribution in [2.75, 3.05) is 6.54 Å². The number of furan rings is 1. The van der Waals surface area contributed by atoms with Crippen molar-refractivity contribution in [3.05, 3.63) is 23.7 Å². The fourth-order valence-corrected chi connectivity index (χ4v) is 5.77. The minimum Gasteiger partial charge on any atom is -0.463 e. The van der Waals surface area contributed by atoms with E-state index in [2.05, 4.69) is 0 Å². The van der Waals surface area contributed by atoms with Crippen molar-refractivity contribution in [3.8, 4) is 0 Å². The van der Waals surface area contributed by atoms with Crippen molar-refractivity contribution in [1.82, 2.24) is 0 Å². The predicted octanol–water partition coefficient (Wildman–Crippen LogP) is 2.81. The van der Waals surface area contributed by atoms with Gasteiger partial charge in [0.15, 0.2) is 0 Å². The molecule has 4 aliphatic rings. The van der Waals surface area contributed by atoms with E-state index in [1.807, 2.05) is 19.1 Å². The van der Waals surface area contributed by atoms with Crippen LogP contribution >= 0.6 is 0 Å². The highest BCUT2D eigenvalue weighted by Gasteiger charge is 2.56. The monoisotopic (exact) mass is 275 g/mol. The van der Waals surface area contributed by atoms with E-state index in [4.69, 9.17) is 10.2 Å². The van der Waals surface area contributed by atoms with Gasteiger partial charge in [0.25, 0.3) is 0 Å². The van der Waals surface area contributed by atoms with Crippen LogP contribution < -0.4 is 5.73 Å². The summed E-state index contributed by atoms with van der Waals surface area (Å²) in [4.78, 5) is 0. The molecule has 4 fully saturated rings. The Morgan fingerprint density at radius 1 is 1.15 bits per heavy atom. The molecule has 1 heterocycles. The maximum absolute atomic E-state index is 11.3. The van der Waals surface area contributed by atoms with Crippen molar-refractivity contribution in [2.45, 2.75) is 44.6 Å². The molecule has 0 saturated heterocycles. The van der Waals surface area contributed by atoms with Crippen molar-refractivity contribution < 1.29 is 9.52 Å². The molecule has 1 atom stereocenters. The lowest BCUT2D eigenvalue weighted by molar-refractivity contribution is -0.151. The van der Waals surface area contributed by atoms with Crippen LogP contribution in [0.25, 0.3) is 0 Å². The Morgan fingerprint density at radius 2 is 1.75 bits per heavy atom. The fourth-order valence-electron chi connectivity index (χ4n) is 5.77. The quantitative estimate of drug-likeness (QED) is 0.891. The summed E-state index contributed by atoms with van der Waals surface area (Å²) in [5, 5.41) is 11.3. The molecular weight excluding hydrogens is 250 g/mol. The van der Waals surface area contributed by atoms with Crippen molar-refractivity contribution in [2.24, 2.45) is 35.3 Å². The molecule has 3 heteroatoms. The minimum atomic E-state index is -0.961. The van der Waals surface area contributed by atoms with E-state index < -0.39 is 5.60 Å². The lowest BCUT2D eigenvalue weighted by Gasteiger charge is -2.58. The average Bonchev–Trinajstić information content (AvgIpc) is 2.84. The van der Waals surface area contributed by atoms with Gasteiger partial charge in [-0.1, -0.05) is 0 Å². The van der Waals surface area contributed by atoms with Gasteiger partial charge in [0.2, 0.25) is 0 Å². The summed E-state index contributed by atoms with van der Waals surface area (Å²) >= 11 is 0. The Hall–Kier alpha value is -0.800. The van der Waals surface area contributed by atoms with Crippen LogP contribution in [-0.4, -0.2) is 11.7 Å². The molecule has 20 heavy (non-hydrogen) atoms. The van der Waals surface area contributed by atoms with E-state index in [1.54, 1.807) is 0 Å². The van der Waals surface area contributed by atoms with Crippen molar-refractivity contribution in [3.63, 3.8) is 0 Å². The number of aliphatic hydroxyl groups is 1. The number of nitrogens with two attached hydrogens (primary N) is 1. The van der Waals surface area contributed by atoms with Crippen LogP contribution in [0.15, 0.2) is 16.5 Å². The molecule has 4 aliphatic carbocycles. The normalized spacial score (nSPS) is 41.9. The number of aryl methyl sites for hydroxylation is 1. The van der Waals surface area contributed by atoms with E-state index in [-0.39, 0.29) is 6.54 Å². The molecule has 4 saturated carbocycles. The Kier molecular flexibility index (Phi) is 2.80. The first-order valence-corrected chi connectivity index (χ1v) is 8.09. The van der Waals surface area contributed by atoms with Gasteiger partial charge in [-0.05, 0) is 74.8 Å². The van der Waals surface area contributed by atoms with Gasteiger partial charge in [-0.2, -0.15) is 0 Å². The number of hydrogen-bond donors (Lipinski definition) is 2. The van der Waals surface area contributed by atoms with Gasteiger partial charge in [-0.25, -0.2) is 0 Å². The molecule has 0 aromatic carbocycles. The predicted molar refractivity (Wildman–Crippen MR) is 76.9 cm³/mol. The zero-order valence-electron chi connectivity index (χ0n) is 12.2. The molecule has 0 aliphatic heterocycles. The first-order valence-electron chi connectivity index (χ1n) is 8.09. The molecule has 1 aromatic rings. The Morgan fingerprint density at radius 3 is 2.20 bits per heavy atom. The number of rotatable bonds is 3. The van der Waals surface area contributed by atoms with E-state index in [9.17, 15) is 5.11 Å². The van der Waals surface area contributed by atoms with Gasteiger partial charge >= 0.3 is 0 Å². The molecule has 4 bridgehead atoms. The number of hydrogen-bond acceptors (Lipinski definition) is 3. The molecule has 0 radical (unpaired) electrons. The largest absolute Gasteiger partial charge is 0.463 e. The third-order valence-electron chi connectivity index (χ3n) is 6.26. The van der Waals surface area contributed by atoms with Gasteiger partial charge in [-0.3, -0.25) is 0 Å². The van der Waals surface area contributed by atoms with E-state index in [1.165, 1.54) is 32.1 Å². The molecule has 0 spiro atoms. The van der Waals surface area contributed by atoms with Gasteiger partial charge < -0.3 is 15.3 Å². The lowest BCUT2D eigenvalue weighted by atomic mass is 9.48. The molecule has 1 aromatic heterocycles. The second-order valence-corrected chi connectivity index (χ2v) is 7.50. The summed E-state index contributed by atoms with van der Waals surface area (Å²) in [5.74, 6) is 4.95. The van der Waals surface area contributed by atoms with Crippen LogP contribution in [0.3, 0.4) is 0 Å². The first kappa shape index (κ1) is 12.9. The highest BCUT2D eigenvalue weighted by Crippen LogP contribution is 2.60. The minimum absolute atomic E-state index is 0.271. The molecule has 3 nitrogen and oxygen atoms in total. The molecule has 3 N–H and O–H groups in total. The fraction of sp³-hybridized carbons (Fsp3) is 0.765. The molecule has 0 amide bonds. The van der Waals surface area contributed by atoms with Crippen molar-refractivity contribution >= 4 is 0 Å². The molecule has 5 rings (SSSR count). The third-order valence-corrected chi connectivity index (χ3v) is 6.26. The second kappa shape index (κ2) is 4.35. The summed E-state index contributed by atoms with van der Waals surface area (Å²) in [7, 11) is 0. The molecule has 110 valence electrons. The van der Waals surface area contributed by atoms with Crippen LogP contribution in [0.2, 0.25) is 0 Å². The summed E-state index contributed by atoms with van der Waals surface area (Å²) in [5.41, 5.74) is 5.06. The van der Waals surface area contributed by atoms with Crippen LogP contribution in [0.5, 0.6) is 0 Å². The molecule has 1 unspecified atom stereocenters. The molecular formula is C17H25NO2. The van der Waals surface area contributed by atoms with Crippen molar-refractivity contribution in [1.29, 1.82) is 0 Å². The summed E-state index contributed by atoms with van der Waals surface area (Å²) in [6.45, 7) is 2.20. The summed E-state index contributed by atoms with van der Waals surface area (Å²) in [6, 6.07) is 3.86. The average molecular weight is 275 g/mol. The highest BCUT2D eigenvalue weighted by molar-refractivity contribution is 5.18. The third kappa shape index (κ3) is 1.72. The van der Waals surface area contributed by atoms with E-state index in [0.29, 0.717) is 23.5 Å². The Balaban J connectivity index is 1.71. The maximum Gasteiger partial charge on any atom is 0.137 e. The smallest absolute Gasteiger partial charge is 0.137 e. The second-order valence-electron chi connectivity index (χ2n) is 7.50. The first-order chi connectivity index (χ1) is 9.60. The summed E-state index contributed by atoms with van der Waals surface area (Å²) < 4.78 is 5.77. The SMILES string of the molecule is Cc1ccc(C(O)(CN)C2C3CC4CC(C3)CC2C4)o1. The van der Waals surface area contributed by atoms with E-state index >= 15 is 0 Å². The topological polar surface area (TPSA) is 59.4 Å². The van der Waals surface area contributed by atoms with Gasteiger partial charge in [0.05, 0.1) is 0 Å². The standard InChI is InChI=1S/C17H25NO2/c1-10-2-3-15(20-10)17(19,9-18)16-13-5-11-4-12(7-13)8-14(16)6-11/h2-3,11-14,16,19H,4-9,18H2,1H3. The van der Waals surface area contributed by atoms with Gasteiger partial charge in [0.1, 0.15) is 17.1 Å². The van der Waals surface area contributed by atoms with Crippen LogP contribution in [0.4, 0.5) is 0 Å². The van der Waals surface area contributed by atoms with Crippen LogP contribution in [-0.2, 0) is 5.60 Å². The van der Waals surface area contributed by atoms with Gasteiger partial charge in [0, 0.05) is 12.5 Å². The van der Waals surface area contributed by atoms with E-state index in [0.717, 1.165) is 17.6 Å². The Labute approximate surface area is 120 Å². The highest BCUT2D eigenvalue weighted by atomic mass is 16.4. The Bertz CT molecular complexity index is 481. The van der Waals surface area contributed by atoms with Gasteiger partial charge in [-0.15, -0.1) is 0 Å². The maximum atomic E-state index is 11.3. The lowest BCUT2D eigenvalue weighted by Crippen LogP contribution is -2.56.